The lowest BCUT2D eigenvalue weighted by Crippen LogP contribution is -2.14. The molecular weight excluding hydrogens is 326 g/mol. The molecule has 0 radical (unpaired) electrons. The van der Waals surface area contributed by atoms with E-state index < -0.39 is 0 Å². The van der Waals surface area contributed by atoms with Crippen LogP contribution in [0.5, 0.6) is 0 Å². The maximum absolute atomic E-state index is 12.6. The Bertz CT molecular complexity index is 1040. The molecule has 3 heterocycles. The van der Waals surface area contributed by atoms with Crippen LogP contribution < -0.4 is 5.32 Å². The lowest BCUT2D eigenvalue weighted by molar-refractivity contribution is 0.102. The molecular formula is C20H17N5O. The van der Waals surface area contributed by atoms with Gasteiger partial charge in [0.15, 0.2) is 5.82 Å². The van der Waals surface area contributed by atoms with E-state index in [4.69, 9.17) is 0 Å². The van der Waals surface area contributed by atoms with Gasteiger partial charge >= 0.3 is 0 Å². The first kappa shape index (κ1) is 16.0. The second kappa shape index (κ2) is 7.14. The van der Waals surface area contributed by atoms with Gasteiger partial charge in [-0.25, -0.2) is 0 Å². The van der Waals surface area contributed by atoms with Crippen molar-refractivity contribution in [3.05, 3.63) is 84.4 Å². The number of amides is 1. The highest BCUT2D eigenvalue weighted by molar-refractivity contribution is 6.11. The second-order valence-corrected chi connectivity index (χ2v) is 5.87. The van der Waals surface area contributed by atoms with Crippen molar-refractivity contribution in [1.82, 2.24) is 19.7 Å². The van der Waals surface area contributed by atoms with E-state index in [1.165, 1.54) is 0 Å². The van der Waals surface area contributed by atoms with E-state index in [2.05, 4.69) is 20.4 Å². The fourth-order valence-corrected chi connectivity index (χ4v) is 2.80. The van der Waals surface area contributed by atoms with Crippen LogP contribution >= 0.6 is 0 Å². The van der Waals surface area contributed by atoms with Gasteiger partial charge in [-0.2, -0.15) is 5.10 Å². The van der Waals surface area contributed by atoms with E-state index in [0.717, 1.165) is 17.5 Å². The van der Waals surface area contributed by atoms with Crippen molar-refractivity contribution in [3.63, 3.8) is 0 Å². The predicted molar refractivity (Wildman–Crippen MR) is 99.9 cm³/mol. The van der Waals surface area contributed by atoms with Gasteiger partial charge in [0.25, 0.3) is 5.91 Å². The molecule has 1 aromatic carbocycles. The number of benzene rings is 1. The van der Waals surface area contributed by atoms with Crippen LogP contribution in [0.25, 0.3) is 10.9 Å². The van der Waals surface area contributed by atoms with Gasteiger partial charge in [0, 0.05) is 48.7 Å². The average molecular weight is 343 g/mol. The van der Waals surface area contributed by atoms with Crippen LogP contribution in [0.4, 0.5) is 5.82 Å². The van der Waals surface area contributed by atoms with E-state index in [-0.39, 0.29) is 5.91 Å². The largest absolute Gasteiger partial charge is 0.305 e. The number of nitrogens with zero attached hydrogens (tertiary/aromatic N) is 4. The Hall–Kier alpha value is -3.54. The normalized spacial score (nSPS) is 10.8. The molecule has 1 N–H and O–H groups in total. The molecule has 0 bridgehead atoms. The van der Waals surface area contributed by atoms with E-state index in [1.807, 2.05) is 48.7 Å². The third-order valence-corrected chi connectivity index (χ3v) is 4.08. The minimum absolute atomic E-state index is 0.218. The van der Waals surface area contributed by atoms with E-state index in [9.17, 15) is 4.79 Å². The minimum Gasteiger partial charge on any atom is -0.305 e. The molecule has 6 heteroatoms. The summed E-state index contributed by atoms with van der Waals surface area (Å²) in [6, 6.07) is 17.0. The molecule has 0 atom stereocenters. The third kappa shape index (κ3) is 3.44. The second-order valence-electron chi connectivity index (χ2n) is 5.87. The van der Waals surface area contributed by atoms with Crippen molar-refractivity contribution in [2.45, 2.75) is 13.0 Å². The van der Waals surface area contributed by atoms with Gasteiger partial charge < -0.3 is 5.32 Å². The van der Waals surface area contributed by atoms with Crippen molar-refractivity contribution in [3.8, 4) is 0 Å². The molecule has 4 aromatic rings. The standard InChI is InChI=1S/C20H17N5O/c26-20(17-8-3-5-15-6-4-12-22-19(15)17)23-18-10-14-25(24-18)13-9-16-7-1-2-11-21-16/h1-8,10-12,14H,9,13H2,(H,23,24,26). The van der Waals surface area contributed by atoms with Crippen LogP contribution in [-0.4, -0.2) is 25.7 Å². The Morgan fingerprint density at radius 3 is 2.73 bits per heavy atom. The van der Waals surface area contributed by atoms with Gasteiger partial charge in [0.1, 0.15) is 0 Å². The highest BCUT2D eigenvalue weighted by atomic mass is 16.1. The van der Waals surface area contributed by atoms with Gasteiger partial charge in [0.2, 0.25) is 0 Å². The maximum Gasteiger partial charge on any atom is 0.259 e. The van der Waals surface area contributed by atoms with Crippen LogP contribution in [0.3, 0.4) is 0 Å². The van der Waals surface area contributed by atoms with Crippen LogP contribution in [0.15, 0.2) is 73.2 Å². The quantitative estimate of drug-likeness (QED) is 0.603. The summed E-state index contributed by atoms with van der Waals surface area (Å²) in [4.78, 5) is 21.2. The monoisotopic (exact) mass is 343 g/mol. The summed E-state index contributed by atoms with van der Waals surface area (Å²) in [7, 11) is 0. The molecule has 6 nitrogen and oxygen atoms in total. The molecule has 0 spiro atoms. The number of para-hydroxylation sites is 1. The van der Waals surface area contributed by atoms with Crippen LogP contribution in [0, 0.1) is 0 Å². The van der Waals surface area contributed by atoms with Crippen molar-refractivity contribution < 1.29 is 4.79 Å². The summed E-state index contributed by atoms with van der Waals surface area (Å²) in [5.74, 6) is 0.299. The Balaban J connectivity index is 1.46. The van der Waals surface area contributed by atoms with Crippen LogP contribution in [-0.2, 0) is 13.0 Å². The van der Waals surface area contributed by atoms with Crippen molar-refractivity contribution in [2.24, 2.45) is 0 Å². The topological polar surface area (TPSA) is 72.7 Å². The Kier molecular flexibility index (Phi) is 4.38. The molecule has 3 aromatic heterocycles. The maximum atomic E-state index is 12.6. The fraction of sp³-hybridized carbons (Fsp3) is 0.100. The number of fused-ring (bicyclic) bond motifs is 1. The molecule has 0 aliphatic rings. The highest BCUT2D eigenvalue weighted by Gasteiger charge is 2.12. The summed E-state index contributed by atoms with van der Waals surface area (Å²) in [6.45, 7) is 0.697. The van der Waals surface area contributed by atoms with Crippen molar-refractivity contribution >= 4 is 22.6 Å². The smallest absolute Gasteiger partial charge is 0.259 e. The molecule has 4 rings (SSSR count). The number of carbonyl (C=O) groups is 1. The van der Waals surface area contributed by atoms with Crippen LogP contribution in [0.1, 0.15) is 16.1 Å². The first-order valence-corrected chi connectivity index (χ1v) is 8.38. The SMILES string of the molecule is O=C(Nc1ccn(CCc2ccccn2)n1)c1cccc2cccnc12. The Morgan fingerprint density at radius 2 is 1.85 bits per heavy atom. The minimum atomic E-state index is -0.218. The summed E-state index contributed by atoms with van der Waals surface area (Å²) in [5.41, 5.74) is 2.23. The summed E-state index contributed by atoms with van der Waals surface area (Å²) >= 11 is 0. The van der Waals surface area contributed by atoms with Gasteiger partial charge in [0.05, 0.1) is 11.1 Å². The molecule has 0 fully saturated rings. The summed E-state index contributed by atoms with van der Waals surface area (Å²) in [5, 5.41) is 8.18. The predicted octanol–water partition coefficient (Wildman–Crippen LogP) is 3.32. The lowest BCUT2D eigenvalue weighted by Gasteiger charge is -2.05. The zero-order chi connectivity index (χ0) is 17.8. The average Bonchev–Trinajstić information content (AvgIpc) is 3.14. The van der Waals surface area contributed by atoms with Gasteiger partial charge in [-0.15, -0.1) is 0 Å². The summed E-state index contributed by atoms with van der Waals surface area (Å²) in [6.07, 6.45) is 6.09. The number of hydrogen-bond donors (Lipinski definition) is 1. The van der Waals surface area contributed by atoms with Crippen molar-refractivity contribution in [1.29, 1.82) is 0 Å². The number of hydrogen-bond acceptors (Lipinski definition) is 4. The number of pyridine rings is 2. The first-order chi connectivity index (χ1) is 12.8. The number of aryl methyl sites for hydroxylation is 2. The molecule has 128 valence electrons. The number of carbonyl (C=O) groups excluding carboxylic acids is 1. The van der Waals surface area contributed by atoms with E-state index >= 15 is 0 Å². The summed E-state index contributed by atoms with van der Waals surface area (Å²) < 4.78 is 1.80. The number of anilines is 1. The zero-order valence-corrected chi connectivity index (χ0v) is 14.0. The molecule has 0 saturated heterocycles. The molecule has 0 aliphatic carbocycles. The first-order valence-electron chi connectivity index (χ1n) is 8.38. The molecule has 0 saturated carbocycles. The van der Waals surface area contributed by atoms with E-state index in [0.29, 0.717) is 23.4 Å². The van der Waals surface area contributed by atoms with Gasteiger partial charge in [-0.1, -0.05) is 24.3 Å². The number of rotatable bonds is 5. The molecule has 26 heavy (non-hydrogen) atoms. The Labute approximate surface area is 150 Å². The fourth-order valence-electron chi connectivity index (χ4n) is 2.80. The van der Waals surface area contributed by atoms with Crippen LogP contribution in [0.2, 0.25) is 0 Å². The van der Waals surface area contributed by atoms with E-state index in [1.54, 1.807) is 29.2 Å². The number of aromatic nitrogens is 4. The Morgan fingerprint density at radius 1 is 0.962 bits per heavy atom. The number of nitrogens with one attached hydrogen (secondary N) is 1. The molecule has 0 unspecified atom stereocenters. The van der Waals surface area contributed by atoms with Crippen molar-refractivity contribution in [2.75, 3.05) is 5.32 Å². The molecule has 1 amide bonds. The van der Waals surface area contributed by atoms with Gasteiger partial charge in [-0.3, -0.25) is 19.4 Å². The highest BCUT2D eigenvalue weighted by Crippen LogP contribution is 2.17. The lowest BCUT2D eigenvalue weighted by atomic mass is 10.1. The molecule has 0 aliphatic heterocycles. The van der Waals surface area contributed by atoms with Gasteiger partial charge in [-0.05, 0) is 24.3 Å². The zero-order valence-electron chi connectivity index (χ0n) is 14.0. The third-order valence-electron chi connectivity index (χ3n) is 4.08.